The van der Waals surface area contributed by atoms with Crippen LogP contribution in [0.15, 0.2) is 30.5 Å². The third-order valence-corrected chi connectivity index (χ3v) is 10.4. The average molecular weight is 434 g/mol. The predicted molar refractivity (Wildman–Crippen MR) is 123 cm³/mol. The molecule has 0 amide bonds. The third-order valence-electron chi connectivity index (χ3n) is 5.97. The van der Waals surface area contributed by atoms with Gasteiger partial charge in [-0.05, 0) is 40.2 Å². The van der Waals surface area contributed by atoms with E-state index < -0.39 is 25.7 Å². The first kappa shape index (κ1) is 24.5. The molecule has 30 heavy (non-hydrogen) atoms. The molecule has 0 unspecified atom stereocenters. The fraction of sp³-hybridized carbons (Fsp3) is 0.542. The Morgan fingerprint density at radius 1 is 1.07 bits per heavy atom. The van der Waals surface area contributed by atoms with E-state index in [0.717, 1.165) is 11.8 Å². The summed E-state index contributed by atoms with van der Waals surface area (Å²) in [4.78, 5) is 3.93. The van der Waals surface area contributed by atoms with E-state index in [1.807, 2.05) is 39.0 Å². The predicted octanol–water partition coefficient (Wildman–Crippen LogP) is 6.50. The van der Waals surface area contributed by atoms with E-state index in [-0.39, 0.29) is 5.04 Å². The maximum Gasteiger partial charge on any atom is 0.213 e. The molecule has 0 bridgehead atoms. The number of nitrogens with zero attached hydrogens (tertiary/aromatic N) is 1. The first-order chi connectivity index (χ1) is 13.7. The summed E-state index contributed by atoms with van der Waals surface area (Å²) in [6.45, 7) is 17.4. The van der Waals surface area contributed by atoms with E-state index in [2.05, 4.69) is 38.8 Å². The van der Waals surface area contributed by atoms with Crippen LogP contribution in [0.1, 0.15) is 58.8 Å². The number of ether oxygens (including phenoxy) is 1. The lowest BCUT2D eigenvalue weighted by Gasteiger charge is -2.36. The first-order valence-corrected chi connectivity index (χ1v) is 13.2. The molecule has 1 aromatic heterocycles. The number of methoxy groups -OCH3 is 1. The van der Waals surface area contributed by atoms with E-state index in [1.165, 1.54) is 7.11 Å². The molecule has 0 fully saturated rings. The van der Waals surface area contributed by atoms with Crippen molar-refractivity contribution >= 4 is 8.32 Å². The molecule has 0 spiro atoms. The number of aliphatic hydroxyl groups excluding tert-OH is 1. The highest BCUT2D eigenvalue weighted by molar-refractivity contribution is 6.74. The molecule has 6 heteroatoms. The fourth-order valence-electron chi connectivity index (χ4n) is 2.86. The molecule has 0 saturated carbocycles. The first-order valence-electron chi connectivity index (χ1n) is 10.3. The molecule has 0 saturated heterocycles. The van der Waals surface area contributed by atoms with E-state index in [0.29, 0.717) is 29.2 Å². The molecular weight excluding hydrogens is 397 g/mol. The van der Waals surface area contributed by atoms with Gasteiger partial charge in [-0.15, -0.1) is 0 Å². The summed E-state index contributed by atoms with van der Waals surface area (Å²) in [5.41, 5.74) is 2.21. The summed E-state index contributed by atoms with van der Waals surface area (Å²) in [5.74, 6) is -0.128. The number of aliphatic hydroxyl groups is 1. The number of rotatable bonds is 6. The average Bonchev–Trinajstić information content (AvgIpc) is 2.64. The maximum atomic E-state index is 14.6. The van der Waals surface area contributed by atoms with Crippen LogP contribution >= 0.6 is 0 Å². The van der Waals surface area contributed by atoms with Gasteiger partial charge in [0, 0.05) is 11.6 Å². The highest BCUT2D eigenvalue weighted by Gasteiger charge is 2.37. The zero-order valence-electron chi connectivity index (χ0n) is 19.8. The second-order valence-electron chi connectivity index (χ2n) is 10.4. The summed E-state index contributed by atoms with van der Waals surface area (Å²) in [7, 11) is -0.419. The number of hydrogen-bond donors (Lipinski definition) is 1. The van der Waals surface area contributed by atoms with Gasteiger partial charge in [0.1, 0.15) is 5.82 Å². The smallest absolute Gasteiger partial charge is 0.213 e. The van der Waals surface area contributed by atoms with Crippen LogP contribution in [0.5, 0.6) is 5.88 Å². The minimum Gasteiger partial charge on any atom is -0.481 e. The normalized spacial score (nSPS) is 14.0. The highest BCUT2D eigenvalue weighted by atomic mass is 28.4. The van der Waals surface area contributed by atoms with Gasteiger partial charge in [0.15, 0.2) is 8.32 Å². The molecule has 1 aromatic carbocycles. The molecule has 166 valence electrons. The van der Waals surface area contributed by atoms with Crippen molar-refractivity contribution < 1.29 is 18.7 Å². The standard InChI is InChI=1S/C24H36FNO3Si/c1-23(2,3)22(27)19-12-16(15-29-30(8,9)24(4,5)6)10-11-17(19)18-13-21(28-7)26-14-20(18)25/h10-14,22,27H,15H2,1-9H3/t22-/m1/s1. The largest absolute Gasteiger partial charge is 0.481 e. The molecule has 1 atom stereocenters. The quantitative estimate of drug-likeness (QED) is 0.529. The van der Waals surface area contributed by atoms with Crippen molar-refractivity contribution in [3.8, 4) is 17.0 Å². The van der Waals surface area contributed by atoms with Crippen molar-refractivity contribution in [2.24, 2.45) is 5.41 Å². The molecule has 0 aliphatic carbocycles. The number of hydrogen-bond acceptors (Lipinski definition) is 4. The lowest BCUT2D eigenvalue weighted by atomic mass is 9.81. The van der Waals surface area contributed by atoms with Gasteiger partial charge in [0.05, 0.1) is 26.0 Å². The molecule has 1 heterocycles. The van der Waals surface area contributed by atoms with Crippen LogP contribution in [0.2, 0.25) is 18.1 Å². The Morgan fingerprint density at radius 3 is 2.23 bits per heavy atom. The Morgan fingerprint density at radius 2 is 1.70 bits per heavy atom. The minimum absolute atomic E-state index is 0.109. The Balaban J connectivity index is 2.52. The van der Waals surface area contributed by atoms with Crippen molar-refractivity contribution in [2.75, 3.05) is 7.11 Å². The van der Waals surface area contributed by atoms with Gasteiger partial charge in [-0.25, -0.2) is 9.37 Å². The van der Waals surface area contributed by atoms with Crippen molar-refractivity contribution in [1.29, 1.82) is 0 Å². The van der Waals surface area contributed by atoms with Gasteiger partial charge >= 0.3 is 0 Å². The van der Waals surface area contributed by atoms with E-state index in [1.54, 1.807) is 6.07 Å². The van der Waals surface area contributed by atoms with E-state index in [9.17, 15) is 9.50 Å². The van der Waals surface area contributed by atoms with Gasteiger partial charge in [-0.3, -0.25) is 0 Å². The van der Waals surface area contributed by atoms with Crippen molar-refractivity contribution in [1.82, 2.24) is 4.98 Å². The molecule has 2 rings (SSSR count). The Bertz CT molecular complexity index is 885. The summed E-state index contributed by atoms with van der Waals surface area (Å²) < 4.78 is 26.2. The molecule has 0 aliphatic rings. The zero-order valence-corrected chi connectivity index (χ0v) is 20.8. The Labute approximate surface area is 181 Å². The van der Waals surface area contributed by atoms with Crippen LogP contribution in [-0.2, 0) is 11.0 Å². The van der Waals surface area contributed by atoms with Crippen LogP contribution in [0.25, 0.3) is 11.1 Å². The van der Waals surface area contributed by atoms with Gasteiger partial charge in [0.25, 0.3) is 0 Å². The van der Waals surface area contributed by atoms with Crippen molar-refractivity contribution in [2.45, 2.75) is 72.4 Å². The van der Waals surface area contributed by atoms with Crippen LogP contribution in [0.4, 0.5) is 4.39 Å². The molecule has 4 nitrogen and oxygen atoms in total. The highest BCUT2D eigenvalue weighted by Crippen LogP contribution is 2.41. The second-order valence-corrected chi connectivity index (χ2v) is 15.3. The van der Waals surface area contributed by atoms with Crippen molar-refractivity contribution in [3.05, 3.63) is 47.4 Å². The number of halogens is 1. The number of benzene rings is 1. The summed E-state index contributed by atoms with van der Waals surface area (Å²) >= 11 is 0. The van der Waals surface area contributed by atoms with Gasteiger partial charge in [0.2, 0.25) is 5.88 Å². The van der Waals surface area contributed by atoms with Crippen LogP contribution < -0.4 is 4.74 Å². The van der Waals surface area contributed by atoms with Crippen molar-refractivity contribution in [3.63, 3.8) is 0 Å². The Hall–Kier alpha value is -1.76. The fourth-order valence-corrected chi connectivity index (χ4v) is 3.82. The van der Waals surface area contributed by atoms with Gasteiger partial charge in [-0.2, -0.15) is 0 Å². The summed E-state index contributed by atoms with van der Waals surface area (Å²) in [6.07, 6.45) is 0.370. The zero-order chi connectivity index (χ0) is 22.9. The topological polar surface area (TPSA) is 51.6 Å². The summed E-state index contributed by atoms with van der Waals surface area (Å²) in [6, 6.07) is 7.29. The van der Waals surface area contributed by atoms with Gasteiger partial charge < -0.3 is 14.3 Å². The van der Waals surface area contributed by atoms with E-state index >= 15 is 0 Å². The molecular formula is C24H36FNO3Si. The minimum atomic E-state index is -1.92. The number of aromatic nitrogens is 1. The summed E-state index contributed by atoms with van der Waals surface area (Å²) in [5, 5.41) is 11.2. The van der Waals surface area contributed by atoms with Crippen LogP contribution in [0, 0.1) is 11.2 Å². The third kappa shape index (κ3) is 5.48. The SMILES string of the molecule is COc1cc(-c2ccc(CO[Si](C)(C)C(C)(C)C)cc2[C@@H](O)C(C)(C)C)c(F)cn1. The van der Waals surface area contributed by atoms with E-state index in [4.69, 9.17) is 9.16 Å². The molecule has 0 radical (unpaired) electrons. The lowest BCUT2D eigenvalue weighted by molar-refractivity contribution is 0.0630. The van der Waals surface area contributed by atoms with Crippen LogP contribution in [-0.4, -0.2) is 25.5 Å². The van der Waals surface area contributed by atoms with Crippen LogP contribution in [0.3, 0.4) is 0 Å². The second kappa shape index (κ2) is 8.77. The number of pyridine rings is 1. The monoisotopic (exact) mass is 433 g/mol. The maximum absolute atomic E-state index is 14.6. The van der Waals surface area contributed by atoms with Gasteiger partial charge in [-0.1, -0.05) is 59.7 Å². The lowest BCUT2D eigenvalue weighted by Crippen LogP contribution is -2.40. The molecule has 1 N–H and O–H groups in total. The molecule has 0 aliphatic heterocycles. The Kier molecular flexibility index (Phi) is 7.16. The molecule has 2 aromatic rings.